The molecular formula is C16H27N3S. The molecule has 0 aromatic carbocycles. The molecule has 0 aliphatic carbocycles. The van der Waals surface area contributed by atoms with E-state index in [0.717, 1.165) is 31.7 Å². The van der Waals surface area contributed by atoms with Gasteiger partial charge in [0.2, 0.25) is 0 Å². The molecule has 0 atom stereocenters. The predicted octanol–water partition coefficient (Wildman–Crippen LogP) is 3.61. The zero-order valence-corrected chi connectivity index (χ0v) is 13.9. The van der Waals surface area contributed by atoms with Crippen LogP contribution in [0.15, 0.2) is 18.2 Å². The van der Waals surface area contributed by atoms with Crippen molar-refractivity contribution in [1.29, 1.82) is 0 Å². The summed E-state index contributed by atoms with van der Waals surface area (Å²) in [7, 11) is 0. The highest BCUT2D eigenvalue weighted by molar-refractivity contribution is 7.80. The van der Waals surface area contributed by atoms with Gasteiger partial charge >= 0.3 is 0 Å². The number of nitrogens with zero attached hydrogens (tertiary/aromatic N) is 2. The summed E-state index contributed by atoms with van der Waals surface area (Å²) in [4.78, 5) is 7.30. The first-order valence-electron chi connectivity index (χ1n) is 7.42. The fourth-order valence-electron chi connectivity index (χ4n) is 1.91. The van der Waals surface area contributed by atoms with Gasteiger partial charge < -0.3 is 10.6 Å². The summed E-state index contributed by atoms with van der Waals surface area (Å²) >= 11 is 5.02. The minimum absolute atomic E-state index is 0.361. The highest BCUT2D eigenvalue weighted by Crippen LogP contribution is 2.16. The lowest BCUT2D eigenvalue weighted by Crippen LogP contribution is -2.29. The Hall–Kier alpha value is -1.16. The molecule has 0 spiro atoms. The summed E-state index contributed by atoms with van der Waals surface area (Å²) in [6.07, 6.45) is 2.33. The smallest absolute Gasteiger partial charge is 0.129 e. The molecule has 0 fully saturated rings. The monoisotopic (exact) mass is 293 g/mol. The van der Waals surface area contributed by atoms with Gasteiger partial charge in [-0.25, -0.2) is 4.98 Å². The van der Waals surface area contributed by atoms with Gasteiger partial charge in [-0.3, -0.25) is 0 Å². The Balaban J connectivity index is 2.84. The zero-order valence-electron chi connectivity index (χ0n) is 13.1. The van der Waals surface area contributed by atoms with Crippen LogP contribution in [0.4, 0.5) is 5.82 Å². The summed E-state index contributed by atoms with van der Waals surface area (Å²) in [6.45, 7) is 11.0. The molecule has 20 heavy (non-hydrogen) atoms. The molecule has 0 amide bonds. The van der Waals surface area contributed by atoms with Crippen LogP contribution < -0.4 is 10.6 Å². The minimum atomic E-state index is 0.361. The van der Waals surface area contributed by atoms with Gasteiger partial charge in [0.15, 0.2) is 0 Å². The van der Waals surface area contributed by atoms with E-state index in [0.29, 0.717) is 22.5 Å². The van der Waals surface area contributed by atoms with Gasteiger partial charge in [0.1, 0.15) is 10.8 Å². The maximum atomic E-state index is 5.68. The fourth-order valence-corrected chi connectivity index (χ4v) is 2.02. The van der Waals surface area contributed by atoms with Crippen molar-refractivity contribution in [1.82, 2.24) is 4.98 Å². The quantitative estimate of drug-likeness (QED) is 0.743. The largest absolute Gasteiger partial charge is 0.388 e. The maximum Gasteiger partial charge on any atom is 0.129 e. The summed E-state index contributed by atoms with van der Waals surface area (Å²) in [5, 5.41) is 0. The molecule has 0 aliphatic rings. The molecule has 0 radical (unpaired) electrons. The van der Waals surface area contributed by atoms with Crippen LogP contribution in [-0.2, 0) is 0 Å². The normalized spacial score (nSPS) is 11.1. The molecule has 0 aliphatic heterocycles. The number of aromatic nitrogens is 1. The second-order valence-electron chi connectivity index (χ2n) is 6.10. The number of thiocarbonyl (C=S) groups is 1. The first-order valence-corrected chi connectivity index (χ1v) is 7.82. The average Bonchev–Trinajstić information content (AvgIpc) is 2.38. The number of anilines is 1. The molecule has 2 N–H and O–H groups in total. The third kappa shape index (κ3) is 5.87. The summed E-state index contributed by atoms with van der Waals surface area (Å²) in [6, 6.07) is 5.89. The molecule has 1 aromatic rings. The van der Waals surface area contributed by atoms with Crippen molar-refractivity contribution in [3.05, 3.63) is 23.9 Å². The molecular weight excluding hydrogens is 266 g/mol. The lowest BCUT2D eigenvalue weighted by molar-refractivity contribution is 0.533. The summed E-state index contributed by atoms with van der Waals surface area (Å²) in [5.74, 6) is 2.36. The van der Waals surface area contributed by atoms with Gasteiger partial charge in [-0.2, -0.15) is 0 Å². The van der Waals surface area contributed by atoms with E-state index in [1.54, 1.807) is 0 Å². The van der Waals surface area contributed by atoms with Gasteiger partial charge in [-0.05, 0) is 36.8 Å². The van der Waals surface area contributed by atoms with Crippen LogP contribution in [0.3, 0.4) is 0 Å². The van der Waals surface area contributed by atoms with Crippen molar-refractivity contribution in [3.63, 3.8) is 0 Å². The Morgan fingerprint density at radius 1 is 1.15 bits per heavy atom. The Bertz CT molecular complexity index is 417. The van der Waals surface area contributed by atoms with Crippen molar-refractivity contribution in [2.45, 2.75) is 40.5 Å². The standard InChI is InChI=1S/C16H27N3S/c1-12(2)8-10-19(11-9-13(3)4)15-7-5-6-14(18-15)16(17)20/h5-7,12-13H,8-11H2,1-4H3,(H2,17,20). The number of pyridine rings is 1. The predicted molar refractivity (Wildman–Crippen MR) is 91.2 cm³/mol. The molecule has 3 nitrogen and oxygen atoms in total. The number of hydrogen-bond donors (Lipinski definition) is 1. The third-order valence-electron chi connectivity index (χ3n) is 3.26. The topological polar surface area (TPSA) is 42.1 Å². The SMILES string of the molecule is CC(C)CCN(CCC(C)C)c1cccc(C(N)=S)n1. The summed E-state index contributed by atoms with van der Waals surface area (Å²) in [5.41, 5.74) is 6.38. The number of nitrogens with two attached hydrogens (primary N) is 1. The Labute approximate surface area is 128 Å². The van der Waals surface area contributed by atoms with Crippen LogP contribution in [0.1, 0.15) is 46.2 Å². The van der Waals surface area contributed by atoms with Crippen LogP contribution in [0.5, 0.6) is 0 Å². The van der Waals surface area contributed by atoms with Gasteiger partial charge in [0.05, 0.1) is 5.69 Å². The van der Waals surface area contributed by atoms with E-state index in [2.05, 4.69) is 37.6 Å². The lowest BCUT2D eigenvalue weighted by atomic mass is 10.1. The molecule has 0 unspecified atom stereocenters. The zero-order chi connectivity index (χ0) is 15.1. The van der Waals surface area contributed by atoms with Gasteiger partial charge in [-0.15, -0.1) is 0 Å². The van der Waals surface area contributed by atoms with Crippen molar-refractivity contribution >= 4 is 23.0 Å². The van der Waals surface area contributed by atoms with E-state index in [-0.39, 0.29) is 0 Å². The number of rotatable bonds is 8. The van der Waals surface area contributed by atoms with Gasteiger partial charge in [0, 0.05) is 13.1 Å². The van der Waals surface area contributed by atoms with E-state index in [1.165, 1.54) is 0 Å². The second-order valence-corrected chi connectivity index (χ2v) is 6.54. The van der Waals surface area contributed by atoms with E-state index in [1.807, 2.05) is 18.2 Å². The molecule has 112 valence electrons. The molecule has 1 aromatic heterocycles. The first-order chi connectivity index (χ1) is 9.40. The molecule has 0 bridgehead atoms. The van der Waals surface area contributed by atoms with E-state index in [4.69, 9.17) is 18.0 Å². The summed E-state index contributed by atoms with van der Waals surface area (Å²) < 4.78 is 0. The lowest BCUT2D eigenvalue weighted by Gasteiger charge is -2.26. The van der Waals surface area contributed by atoms with E-state index >= 15 is 0 Å². The highest BCUT2D eigenvalue weighted by Gasteiger charge is 2.11. The minimum Gasteiger partial charge on any atom is -0.388 e. The Kier molecular flexibility index (Phi) is 6.93. The van der Waals surface area contributed by atoms with E-state index < -0.39 is 0 Å². The Morgan fingerprint density at radius 2 is 1.70 bits per heavy atom. The third-order valence-corrected chi connectivity index (χ3v) is 3.47. The van der Waals surface area contributed by atoms with Crippen molar-refractivity contribution < 1.29 is 0 Å². The van der Waals surface area contributed by atoms with Gasteiger partial charge in [-0.1, -0.05) is 46.0 Å². The molecule has 0 saturated heterocycles. The van der Waals surface area contributed by atoms with Gasteiger partial charge in [0.25, 0.3) is 0 Å². The van der Waals surface area contributed by atoms with Crippen LogP contribution in [0.2, 0.25) is 0 Å². The van der Waals surface area contributed by atoms with Crippen molar-refractivity contribution in [2.75, 3.05) is 18.0 Å². The molecule has 1 heterocycles. The second kappa shape index (κ2) is 8.20. The fraction of sp³-hybridized carbons (Fsp3) is 0.625. The van der Waals surface area contributed by atoms with Crippen LogP contribution in [0, 0.1) is 11.8 Å². The molecule has 1 rings (SSSR count). The average molecular weight is 293 g/mol. The van der Waals surface area contributed by atoms with Crippen LogP contribution in [-0.4, -0.2) is 23.1 Å². The van der Waals surface area contributed by atoms with Crippen LogP contribution >= 0.6 is 12.2 Å². The van der Waals surface area contributed by atoms with Crippen LogP contribution in [0.25, 0.3) is 0 Å². The van der Waals surface area contributed by atoms with Crippen molar-refractivity contribution in [3.8, 4) is 0 Å². The highest BCUT2D eigenvalue weighted by atomic mass is 32.1. The first kappa shape index (κ1) is 16.9. The number of hydrogen-bond acceptors (Lipinski definition) is 3. The maximum absolute atomic E-state index is 5.68. The molecule has 0 saturated carbocycles. The Morgan fingerprint density at radius 3 is 2.15 bits per heavy atom. The van der Waals surface area contributed by atoms with E-state index in [9.17, 15) is 0 Å². The molecule has 4 heteroatoms. The van der Waals surface area contributed by atoms with Crippen molar-refractivity contribution in [2.24, 2.45) is 17.6 Å².